The molecule has 0 bridgehead atoms. The maximum atomic E-state index is 11.5. The van der Waals surface area contributed by atoms with Crippen LogP contribution in [-0.2, 0) is 19.0 Å². The highest BCUT2D eigenvalue weighted by Crippen LogP contribution is 2.22. The summed E-state index contributed by atoms with van der Waals surface area (Å²) in [4.78, 5) is 22.6. The van der Waals surface area contributed by atoms with Gasteiger partial charge in [-0.1, -0.05) is 0 Å². The third kappa shape index (κ3) is 6.01. The van der Waals surface area contributed by atoms with Crippen molar-refractivity contribution in [1.82, 2.24) is 15.9 Å². The summed E-state index contributed by atoms with van der Waals surface area (Å²) in [5, 5.41) is 44.6. The summed E-state index contributed by atoms with van der Waals surface area (Å²) in [5.41, 5.74) is 0. The minimum Gasteiger partial charge on any atom is -0.482 e. The Bertz CT molecular complexity index is 519. The molecule has 0 saturated carbocycles. The number of guanidine groups is 1. The minimum atomic E-state index is -1.59. The third-order valence-electron chi connectivity index (χ3n) is 3.47. The molecule has 1 rings (SSSR count). The maximum Gasteiger partial charge on any atom is 0.396 e. The molecule has 7 N–H and O–H groups in total. The lowest BCUT2D eigenvalue weighted by Gasteiger charge is -2.40. The number of allylic oxidation sites excluding steroid dienone is 1. The van der Waals surface area contributed by atoms with Gasteiger partial charge in [-0.15, -0.1) is 0 Å². The van der Waals surface area contributed by atoms with Crippen LogP contribution in [0.4, 0.5) is 0 Å². The number of aliphatic hydroxyl groups is 3. The Morgan fingerprint density at radius 3 is 2.72 bits per heavy atom. The Labute approximate surface area is 145 Å². The second-order valence-electron chi connectivity index (χ2n) is 5.39. The standard InChI is InChI=1S/C13H23BN4O7/c1-6(21)16-10-8(17-13(15)18-14-24-2)3-7(4-19)25-12(10)11(23)9(22)5-20/h3-4,8-12,14,20,22-23H,5H2,1-2H3,(H,16,21)(H3,15,17,18)/t8?,9?,10-,11-,12-/m1/s1. The molecule has 0 saturated heterocycles. The molecule has 0 aliphatic carbocycles. The van der Waals surface area contributed by atoms with Gasteiger partial charge in [0.1, 0.15) is 18.3 Å². The molecule has 1 aliphatic heterocycles. The number of nitrogens with one attached hydrogen (secondary N) is 4. The minimum absolute atomic E-state index is 0.0549. The van der Waals surface area contributed by atoms with Gasteiger partial charge in [0.2, 0.25) is 5.91 Å². The van der Waals surface area contributed by atoms with Gasteiger partial charge in [-0.3, -0.25) is 15.0 Å². The van der Waals surface area contributed by atoms with E-state index in [-0.39, 0.29) is 19.3 Å². The van der Waals surface area contributed by atoms with Crippen LogP contribution in [-0.4, -0.2) is 85.2 Å². The fourth-order valence-corrected chi connectivity index (χ4v) is 2.33. The van der Waals surface area contributed by atoms with Gasteiger partial charge in [-0.05, 0) is 6.08 Å². The van der Waals surface area contributed by atoms with Crippen molar-refractivity contribution < 1.29 is 34.3 Å². The molecule has 0 aromatic heterocycles. The monoisotopic (exact) mass is 358 g/mol. The van der Waals surface area contributed by atoms with E-state index in [1.807, 2.05) is 0 Å². The largest absolute Gasteiger partial charge is 0.482 e. The average Bonchev–Trinajstić information content (AvgIpc) is 2.59. The molecule has 0 aromatic rings. The number of rotatable bonds is 8. The third-order valence-corrected chi connectivity index (χ3v) is 3.47. The zero-order valence-corrected chi connectivity index (χ0v) is 13.9. The molecule has 1 heterocycles. The van der Waals surface area contributed by atoms with Crippen molar-refractivity contribution in [3.63, 3.8) is 0 Å². The van der Waals surface area contributed by atoms with E-state index in [1.165, 1.54) is 20.1 Å². The Kier molecular flexibility index (Phi) is 8.35. The van der Waals surface area contributed by atoms with Crippen LogP contribution in [0.15, 0.2) is 11.8 Å². The molecule has 2 unspecified atom stereocenters. The molecule has 1 amide bonds. The molecule has 12 heteroatoms. The lowest BCUT2D eigenvalue weighted by molar-refractivity contribution is -0.129. The van der Waals surface area contributed by atoms with E-state index in [2.05, 4.69) is 15.9 Å². The second-order valence-corrected chi connectivity index (χ2v) is 5.39. The van der Waals surface area contributed by atoms with Gasteiger partial charge in [0.15, 0.2) is 18.0 Å². The maximum absolute atomic E-state index is 11.5. The topological polar surface area (TPSA) is 173 Å². The summed E-state index contributed by atoms with van der Waals surface area (Å²) < 4.78 is 10.1. The predicted octanol–water partition coefficient (Wildman–Crippen LogP) is -3.92. The van der Waals surface area contributed by atoms with E-state index in [9.17, 15) is 19.8 Å². The van der Waals surface area contributed by atoms with Gasteiger partial charge in [-0.25, -0.2) is 0 Å². The number of hydrogen-bond acceptors (Lipinski definition) is 8. The molecule has 140 valence electrons. The van der Waals surface area contributed by atoms with E-state index >= 15 is 0 Å². The van der Waals surface area contributed by atoms with Gasteiger partial charge in [-0.2, -0.15) is 0 Å². The number of aliphatic hydroxyl groups excluding tert-OH is 3. The van der Waals surface area contributed by atoms with Crippen molar-refractivity contribution >= 4 is 25.8 Å². The Morgan fingerprint density at radius 1 is 1.52 bits per heavy atom. The van der Waals surface area contributed by atoms with E-state index in [1.54, 1.807) is 0 Å². The normalized spacial score (nSPS) is 24.8. The average molecular weight is 358 g/mol. The van der Waals surface area contributed by atoms with Gasteiger partial charge in [0.25, 0.3) is 0 Å². The van der Waals surface area contributed by atoms with Crippen molar-refractivity contribution in [3.8, 4) is 0 Å². The molecule has 5 atom stereocenters. The van der Waals surface area contributed by atoms with Crippen LogP contribution in [0.1, 0.15) is 6.92 Å². The summed E-state index contributed by atoms with van der Waals surface area (Å²) in [5.74, 6) is -0.746. The van der Waals surface area contributed by atoms with Crippen LogP contribution in [0.2, 0.25) is 0 Å². The molecule has 0 radical (unpaired) electrons. The lowest BCUT2D eigenvalue weighted by Crippen LogP contribution is -2.64. The number of ether oxygens (including phenoxy) is 1. The summed E-state index contributed by atoms with van der Waals surface area (Å²) in [6.07, 6.45) is -2.62. The molecule has 25 heavy (non-hydrogen) atoms. The second kappa shape index (κ2) is 9.98. The number of aldehydes is 1. The van der Waals surface area contributed by atoms with Crippen LogP contribution >= 0.6 is 0 Å². The van der Waals surface area contributed by atoms with E-state index in [0.717, 1.165) is 0 Å². The highest BCUT2D eigenvalue weighted by molar-refractivity contribution is 6.29. The number of amides is 1. The fourth-order valence-electron chi connectivity index (χ4n) is 2.33. The zero-order valence-electron chi connectivity index (χ0n) is 13.9. The highest BCUT2D eigenvalue weighted by Gasteiger charge is 2.42. The summed E-state index contributed by atoms with van der Waals surface area (Å²) in [6, 6.07) is -1.73. The molecular weight excluding hydrogens is 335 g/mol. The smallest absolute Gasteiger partial charge is 0.396 e. The lowest BCUT2D eigenvalue weighted by atomic mass is 9.92. The fraction of sp³-hybridized carbons (Fsp3) is 0.615. The number of hydrogen-bond donors (Lipinski definition) is 7. The molecule has 1 aliphatic rings. The molecule has 0 spiro atoms. The molecular formula is C13H23BN4O7. The van der Waals surface area contributed by atoms with E-state index in [4.69, 9.17) is 19.9 Å². The van der Waals surface area contributed by atoms with Crippen LogP contribution in [0.3, 0.4) is 0 Å². The summed E-state index contributed by atoms with van der Waals surface area (Å²) >= 11 is 0. The van der Waals surface area contributed by atoms with Gasteiger partial charge < -0.3 is 40.6 Å². The zero-order chi connectivity index (χ0) is 19.0. The van der Waals surface area contributed by atoms with E-state index < -0.39 is 42.9 Å². The van der Waals surface area contributed by atoms with Gasteiger partial charge >= 0.3 is 7.62 Å². The molecule has 0 aromatic carbocycles. The van der Waals surface area contributed by atoms with E-state index in [0.29, 0.717) is 6.29 Å². The Hall–Kier alpha value is -2.15. The first-order chi connectivity index (χ1) is 11.8. The van der Waals surface area contributed by atoms with Crippen LogP contribution in [0.5, 0.6) is 0 Å². The van der Waals surface area contributed by atoms with Crippen LogP contribution in [0.25, 0.3) is 0 Å². The van der Waals surface area contributed by atoms with Gasteiger partial charge in [0, 0.05) is 14.0 Å². The Morgan fingerprint density at radius 2 is 2.20 bits per heavy atom. The van der Waals surface area contributed by atoms with Crippen LogP contribution in [0, 0.1) is 5.41 Å². The van der Waals surface area contributed by atoms with Crippen molar-refractivity contribution in [2.75, 3.05) is 13.7 Å². The number of carbonyl (C=O) groups is 2. The first-order valence-corrected chi connectivity index (χ1v) is 7.49. The number of carbonyl (C=O) groups excluding carboxylic acids is 2. The van der Waals surface area contributed by atoms with Crippen molar-refractivity contribution in [2.24, 2.45) is 0 Å². The van der Waals surface area contributed by atoms with Crippen molar-refractivity contribution in [1.29, 1.82) is 5.41 Å². The first-order valence-electron chi connectivity index (χ1n) is 7.49. The van der Waals surface area contributed by atoms with Crippen molar-refractivity contribution in [3.05, 3.63) is 11.8 Å². The van der Waals surface area contributed by atoms with Crippen molar-refractivity contribution in [2.45, 2.75) is 37.3 Å². The van der Waals surface area contributed by atoms with Crippen LogP contribution < -0.4 is 15.9 Å². The van der Waals surface area contributed by atoms with Gasteiger partial charge in [0.05, 0.1) is 18.7 Å². The summed E-state index contributed by atoms with van der Waals surface area (Å²) in [7, 11) is 1.49. The predicted molar refractivity (Wildman–Crippen MR) is 87.7 cm³/mol. The quantitative estimate of drug-likeness (QED) is 0.0990. The molecule has 0 fully saturated rings. The highest BCUT2D eigenvalue weighted by atomic mass is 16.5. The Balaban J connectivity index is 3.08. The molecule has 11 nitrogen and oxygen atoms in total. The SMILES string of the molecule is COBNC(=N)NC1C=C(C=O)O[C@@H]([C@H](O)C(O)CO)[C@@H]1NC(C)=O. The summed E-state index contributed by atoms with van der Waals surface area (Å²) in [6.45, 7) is 0.508. The first kappa shape index (κ1) is 20.9.